The van der Waals surface area contributed by atoms with Gasteiger partial charge in [-0.1, -0.05) is 6.92 Å². The van der Waals surface area contributed by atoms with Crippen molar-refractivity contribution >= 4 is 23.3 Å². The highest BCUT2D eigenvalue weighted by Gasteiger charge is 2.34. The van der Waals surface area contributed by atoms with Gasteiger partial charge in [-0.3, -0.25) is 14.4 Å². The zero-order chi connectivity index (χ0) is 21.4. The quantitative estimate of drug-likeness (QED) is 0.592. The first kappa shape index (κ1) is 19.7. The molecule has 0 saturated carbocycles. The number of aromatic nitrogens is 4. The van der Waals surface area contributed by atoms with Crippen LogP contribution in [0.4, 0.5) is 10.2 Å². The maximum atomic E-state index is 13.0. The van der Waals surface area contributed by atoms with Crippen molar-refractivity contribution in [2.24, 2.45) is 5.73 Å². The van der Waals surface area contributed by atoms with Crippen molar-refractivity contribution in [2.45, 2.75) is 26.4 Å². The van der Waals surface area contributed by atoms with E-state index in [2.05, 4.69) is 15.4 Å². The minimum absolute atomic E-state index is 0.114. The maximum Gasteiger partial charge on any atom is 0.280 e. The number of carbonyl (C=O) groups excluding carboxylic acids is 2. The average molecular weight is 413 g/mol. The third-order valence-electron chi connectivity index (χ3n) is 4.92. The molecule has 0 saturated heterocycles. The van der Waals surface area contributed by atoms with E-state index in [-0.39, 0.29) is 48.2 Å². The highest BCUT2D eigenvalue weighted by molar-refractivity contribution is 5.98. The Morgan fingerprint density at radius 1 is 1.33 bits per heavy atom. The summed E-state index contributed by atoms with van der Waals surface area (Å²) in [5, 5.41) is 6.88. The maximum absolute atomic E-state index is 13.0. The molecule has 30 heavy (non-hydrogen) atoms. The number of hydrogen-bond acceptors (Lipinski definition) is 6. The largest absolute Gasteiger partial charge is 0.331 e. The van der Waals surface area contributed by atoms with E-state index in [1.807, 2.05) is 6.92 Å². The van der Waals surface area contributed by atoms with Crippen molar-refractivity contribution in [3.05, 3.63) is 57.5 Å². The van der Waals surface area contributed by atoms with E-state index in [1.165, 1.54) is 26.1 Å². The van der Waals surface area contributed by atoms with Crippen molar-refractivity contribution < 1.29 is 14.0 Å². The molecule has 4 rings (SSSR count). The topological polar surface area (TPSA) is 128 Å². The van der Waals surface area contributed by atoms with Crippen LogP contribution < -0.4 is 16.6 Å². The Kier molecular flexibility index (Phi) is 5.04. The lowest BCUT2D eigenvalue weighted by atomic mass is 10.2. The first-order valence-electron chi connectivity index (χ1n) is 9.48. The second-order valence-corrected chi connectivity index (χ2v) is 6.90. The number of nitrogens with one attached hydrogen (secondary N) is 1. The van der Waals surface area contributed by atoms with Crippen molar-refractivity contribution in [3.63, 3.8) is 0 Å². The lowest BCUT2D eigenvalue weighted by Gasteiger charge is -2.15. The van der Waals surface area contributed by atoms with Gasteiger partial charge < -0.3 is 20.5 Å². The fourth-order valence-electron chi connectivity index (χ4n) is 3.51. The number of halogens is 1. The van der Waals surface area contributed by atoms with Crippen molar-refractivity contribution in [1.29, 1.82) is 0 Å². The lowest BCUT2D eigenvalue weighted by molar-refractivity contribution is -0.116. The SMILES string of the molecule is CCc1cc2n(CC(=O)Nc3ccc(F)cn3)c3c(c(=O)n2n1)CN(CCN)C3=O. The normalized spacial score (nSPS) is 13.2. The summed E-state index contributed by atoms with van der Waals surface area (Å²) < 4.78 is 15.8. The smallest absolute Gasteiger partial charge is 0.280 e. The average Bonchev–Trinajstić information content (AvgIpc) is 3.30. The monoisotopic (exact) mass is 413 g/mol. The molecule has 3 N–H and O–H groups in total. The molecule has 0 unspecified atom stereocenters. The molecule has 0 aliphatic carbocycles. The number of nitrogens with zero attached hydrogens (tertiary/aromatic N) is 5. The number of rotatable bonds is 6. The number of fused-ring (bicyclic) bond motifs is 2. The number of aryl methyl sites for hydroxylation is 1. The van der Waals surface area contributed by atoms with E-state index in [4.69, 9.17) is 5.73 Å². The van der Waals surface area contributed by atoms with E-state index >= 15 is 0 Å². The van der Waals surface area contributed by atoms with Crippen molar-refractivity contribution in [1.82, 2.24) is 24.1 Å². The van der Waals surface area contributed by atoms with E-state index in [0.717, 1.165) is 6.20 Å². The van der Waals surface area contributed by atoms with Crippen molar-refractivity contribution in [3.8, 4) is 0 Å². The van der Waals surface area contributed by atoms with Crippen LogP contribution in [0.15, 0.2) is 29.2 Å². The van der Waals surface area contributed by atoms with Gasteiger partial charge in [0, 0.05) is 19.2 Å². The van der Waals surface area contributed by atoms with Crippen molar-refractivity contribution in [2.75, 3.05) is 18.4 Å². The Balaban J connectivity index is 1.78. The third-order valence-corrected chi connectivity index (χ3v) is 4.92. The summed E-state index contributed by atoms with van der Waals surface area (Å²) in [6, 6.07) is 4.20. The summed E-state index contributed by atoms with van der Waals surface area (Å²) in [5.74, 6) is -1.19. The van der Waals surface area contributed by atoms with Gasteiger partial charge in [0.1, 0.15) is 29.5 Å². The van der Waals surface area contributed by atoms with E-state index < -0.39 is 11.7 Å². The molecule has 1 aliphatic heterocycles. The summed E-state index contributed by atoms with van der Waals surface area (Å²) in [6.07, 6.45) is 1.58. The number of amides is 2. The summed E-state index contributed by atoms with van der Waals surface area (Å²) in [5.41, 5.74) is 6.64. The van der Waals surface area contributed by atoms with Gasteiger partial charge in [-0.25, -0.2) is 9.37 Å². The molecule has 0 radical (unpaired) electrons. The number of pyridine rings is 1. The van der Waals surface area contributed by atoms with Crippen LogP contribution in [0.25, 0.3) is 5.65 Å². The van der Waals surface area contributed by atoms with Gasteiger partial charge >= 0.3 is 0 Å². The Hall–Kier alpha value is -3.60. The van der Waals surface area contributed by atoms with Gasteiger partial charge in [0.15, 0.2) is 0 Å². The van der Waals surface area contributed by atoms with Crippen LogP contribution in [0.5, 0.6) is 0 Å². The molecule has 1 aliphatic rings. The Bertz CT molecular complexity index is 1200. The summed E-state index contributed by atoms with van der Waals surface area (Å²) >= 11 is 0. The first-order valence-corrected chi connectivity index (χ1v) is 9.48. The molecule has 0 fully saturated rings. The van der Waals surface area contributed by atoms with Gasteiger partial charge in [-0.05, 0) is 18.6 Å². The van der Waals surface area contributed by atoms with E-state index in [9.17, 15) is 18.8 Å². The number of carbonyl (C=O) groups is 2. The van der Waals surface area contributed by atoms with Crippen LogP contribution in [0.1, 0.15) is 28.7 Å². The predicted molar refractivity (Wildman–Crippen MR) is 105 cm³/mol. The molecular weight excluding hydrogens is 393 g/mol. The second kappa shape index (κ2) is 7.67. The molecule has 11 heteroatoms. The zero-order valence-electron chi connectivity index (χ0n) is 16.3. The highest BCUT2D eigenvalue weighted by Crippen LogP contribution is 2.22. The molecule has 0 atom stereocenters. The van der Waals surface area contributed by atoms with Crippen LogP contribution in [-0.2, 0) is 24.3 Å². The fourth-order valence-corrected chi connectivity index (χ4v) is 3.51. The molecule has 2 amide bonds. The summed E-state index contributed by atoms with van der Waals surface area (Å²) in [4.78, 5) is 43.8. The molecule has 156 valence electrons. The number of nitrogens with two attached hydrogens (primary N) is 1. The van der Waals surface area contributed by atoms with Crippen LogP contribution >= 0.6 is 0 Å². The standard InChI is InChI=1S/C19H20FN7O3/c1-2-12-7-16-26(10-15(28)23-14-4-3-11(20)8-22-14)17-13(18(29)27(16)24-12)9-25(6-5-21)19(17)30/h3-4,7-8H,2,5-6,9-10,21H2,1H3,(H,22,23,28). The fraction of sp³-hybridized carbons (Fsp3) is 0.316. The molecule has 3 aromatic rings. The van der Waals surface area contributed by atoms with Gasteiger partial charge in [0.05, 0.1) is 24.0 Å². The Morgan fingerprint density at radius 2 is 2.13 bits per heavy atom. The number of anilines is 1. The van der Waals surface area contributed by atoms with E-state index in [1.54, 1.807) is 6.07 Å². The van der Waals surface area contributed by atoms with Gasteiger partial charge in [0.25, 0.3) is 11.5 Å². The molecule has 0 bridgehead atoms. The number of hydrogen-bond donors (Lipinski definition) is 2. The van der Waals surface area contributed by atoms with Crippen LogP contribution in [-0.4, -0.2) is 49.0 Å². The van der Waals surface area contributed by atoms with Gasteiger partial charge in [-0.2, -0.15) is 9.61 Å². The predicted octanol–water partition coefficient (Wildman–Crippen LogP) is 0.146. The van der Waals surface area contributed by atoms with Crippen LogP contribution in [0.2, 0.25) is 0 Å². The molecule has 0 aromatic carbocycles. The molecular formula is C19H20FN7O3. The molecule has 4 heterocycles. The molecule has 0 spiro atoms. The van der Waals surface area contributed by atoms with Crippen LogP contribution in [0.3, 0.4) is 0 Å². The summed E-state index contributed by atoms with van der Waals surface area (Å²) in [7, 11) is 0. The third kappa shape index (κ3) is 3.32. The Labute approximate surface area is 170 Å². The summed E-state index contributed by atoms with van der Waals surface area (Å²) in [6.45, 7) is 2.30. The minimum atomic E-state index is -0.523. The minimum Gasteiger partial charge on any atom is -0.331 e. The molecule has 3 aromatic heterocycles. The Morgan fingerprint density at radius 3 is 2.80 bits per heavy atom. The van der Waals surface area contributed by atoms with Crippen LogP contribution in [0, 0.1) is 5.82 Å². The lowest BCUT2D eigenvalue weighted by Crippen LogP contribution is -2.31. The van der Waals surface area contributed by atoms with Gasteiger partial charge in [-0.15, -0.1) is 0 Å². The van der Waals surface area contributed by atoms with E-state index in [0.29, 0.717) is 24.3 Å². The highest BCUT2D eigenvalue weighted by atomic mass is 19.1. The second-order valence-electron chi connectivity index (χ2n) is 6.90. The van der Waals surface area contributed by atoms with Gasteiger partial charge in [0.2, 0.25) is 5.91 Å². The molecule has 10 nitrogen and oxygen atoms in total. The first-order chi connectivity index (χ1) is 14.4. The zero-order valence-corrected chi connectivity index (χ0v) is 16.3.